The third kappa shape index (κ3) is 2.45. The van der Waals surface area contributed by atoms with Gasteiger partial charge in [-0.05, 0) is 31.9 Å². The van der Waals surface area contributed by atoms with Crippen molar-refractivity contribution in [3.8, 4) is 5.88 Å². The normalized spacial score (nSPS) is 15.5. The lowest BCUT2D eigenvalue weighted by molar-refractivity contribution is 0.285. The van der Waals surface area contributed by atoms with E-state index in [2.05, 4.69) is 10.3 Å². The van der Waals surface area contributed by atoms with Crippen LogP contribution in [0.3, 0.4) is 0 Å². The molecule has 0 amide bonds. The van der Waals surface area contributed by atoms with Crippen molar-refractivity contribution in [3.05, 3.63) is 23.9 Å². The second-order valence-corrected chi connectivity index (χ2v) is 3.75. The molecule has 14 heavy (non-hydrogen) atoms. The third-order valence-electron chi connectivity index (χ3n) is 2.37. The van der Waals surface area contributed by atoms with Gasteiger partial charge in [-0.25, -0.2) is 4.98 Å². The molecule has 1 aromatic heterocycles. The zero-order valence-electron chi connectivity index (χ0n) is 8.49. The largest absolute Gasteiger partial charge is 0.477 e. The minimum Gasteiger partial charge on any atom is -0.477 e. The number of hydrogen-bond donors (Lipinski definition) is 1. The summed E-state index contributed by atoms with van der Waals surface area (Å²) >= 11 is 0. The highest BCUT2D eigenvalue weighted by Crippen LogP contribution is 2.29. The Balaban J connectivity index is 1.97. The highest BCUT2D eigenvalue weighted by Gasteiger charge is 2.22. The fourth-order valence-corrected chi connectivity index (χ4v) is 1.36. The zero-order chi connectivity index (χ0) is 9.80. The molecule has 3 nitrogen and oxygen atoms in total. The summed E-state index contributed by atoms with van der Waals surface area (Å²) in [6.07, 6.45) is 4.41. The Bertz CT molecular complexity index is 297. The quantitative estimate of drug-likeness (QED) is 0.769. The van der Waals surface area contributed by atoms with Crippen LogP contribution in [0.5, 0.6) is 5.88 Å². The Labute approximate surface area is 84.5 Å². The van der Waals surface area contributed by atoms with Crippen molar-refractivity contribution in [2.24, 2.45) is 5.92 Å². The van der Waals surface area contributed by atoms with Crippen molar-refractivity contribution in [1.82, 2.24) is 10.3 Å². The van der Waals surface area contributed by atoms with Gasteiger partial charge in [0.15, 0.2) is 0 Å². The zero-order valence-corrected chi connectivity index (χ0v) is 8.49. The molecule has 0 spiro atoms. The number of rotatable bonds is 5. The van der Waals surface area contributed by atoms with E-state index in [1.54, 1.807) is 6.20 Å². The molecule has 0 saturated heterocycles. The van der Waals surface area contributed by atoms with E-state index in [-0.39, 0.29) is 0 Å². The van der Waals surface area contributed by atoms with Crippen molar-refractivity contribution >= 4 is 0 Å². The molecule has 1 fully saturated rings. The van der Waals surface area contributed by atoms with Crippen molar-refractivity contribution in [2.45, 2.75) is 19.4 Å². The minimum atomic E-state index is 0.777. The number of hydrogen-bond acceptors (Lipinski definition) is 3. The summed E-state index contributed by atoms with van der Waals surface area (Å²) in [5.74, 6) is 1.56. The molecule has 1 aromatic rings. The maximum atomic E-state index is 5.66. The van der Waals surface area contributed by atoms with Gasteiger partial charge in [0.25, 0.3) is 0 Å². The van der Waals surface area contributed by atoms with Crippen LogP contribution in [-0.4, -0.2) is 18.6 Å². The molecule has 1 saturated carbocycles. The van der Waals surface area contributed by atoms with Crippen LogP contribution in [0.15, 0.2) is 18.3 Å². The van der Waals surface area contributed by atoms with Gasteiger partial charge in [-0.2, -0.15) is 0 Å². The summed E-state index contributed by atoms with van der Waals surface area (Å²) in [6, 6.07) is 3.99. The van der Waals surface area contributed by atoms with Crippen molar-refractivity contribution in [2.75, 3.05) is 13.7 Å². The third-order valence-corrected chi connectivity index (χ3v) is 2.37. The van der Waals surface area contributed by atoms with Gasteiger partial charge >= 0.3 is 0 Å². The Hall–Kier alpha value is -1.09. The van der Waals surface area contributed by atoms with Crippen molar-refractivity contribution in [3.63, 3.8) is 0 Å². The molecular weight excluding hydrogens is 176 g/mol. The van der Waals surface area contributed by atoms with Crippen LogP contribution < -0.4 is 10.1 Å². The lowest BCUT2D eigenvalue weighted by Crippen LogP contribution is -2.09. The number of ether oxygens (including phenoxy) is 1. The molecule has 0 radical (unpaired) electrons. The Morgan fingerprint density at radius 1 is 1.57 bits per heavy atom. The van der Waals surface area contributed by atoms with E-state index in [1.165, 1.54) is 12.8 Å². The smallest absolute Gasteiger partial charge is 0.217 e. The first-order valence-electron chi connectivity index (χ1n) is 5.11. The fraction of sp³-hybridized carbons (Fsp3) is 0.545. The molecule has 0 aliphatic heterocycles. The second kappa shape index (κ2) is 4.42. The van der Waals surface area contributed by atoms with Gasteiger partial charge in [0.2, 0.25) is 5.88 Å². The van der Waals surface area contributed by atoms with Gasteiger partial charge in [0, 0.05) is 18.3 Å². The highest BCUT2D eigenvalue weighted by atomic mass is 16.5. The summed E-state index contributed by atoms with van der Waals surface area (Å²) in [4.78, 5) is 4.23. The molecule has 0 aromatic carbocycles. The topological polar surface area (TPSA) is 34.2 Å². The number of nitrogens with zero attached hydrogens (tertiary/aromatic N) is 1. The maximum Gasteiger partial charge on any atom is 0.217 e. The molecule has 76 valence electrons. The van der Waals surface area contributed by atoms with Crippen LogP contribution in [0, 0.1) is 5.92 Å². The molecule has 1 aliphatic carbocycles. The molecule has 0 unspecified atom stereocenters. The lowest BCUT2D eigenvalue weighted by atomic mass is 10.3. The average Bonchev–Trinajstić information content (AvgIpc) is 3.01. The van der Waals surface area contributed by atoms with E-state index in [4.69, 9.17) is 4.74 Å². The van der Waals surface area contributed by atoms with E-state index >= 15 is 0 Å². The molecule has 1 aliphatic rings. The first kappa shape index (κ1) is 9.46. The van der Waals surface area contributed by atoms with E-state index in [1.807, 2.05) is 19.2 Å². The first-order chi connectivity index (χ1) is 6.90. The predicted octanol–water partition coefficient (Wildman–Crippen LogP) is 1.59. The highest BCUT2D eigenvalue weighted by molar-refractivity contribution is 5.25. The molecule has 0 atom stereocenters. The van der Waals surface area contributed by atoms with Crippen LogP contribution in [-0.2, 0) is 6.54 Å². The number of nitrogens with one attached hydrogen (secondary N) is 1. The molecule has 2 rings (SSSR count). The van der Waals surface area contributed by atoms with E-state index < -0.39 is 0 Å². The summed E-state index contributed by atoms with van der Waals surface area (Å²) in [6.45, 7) is 1.64. The van der Waals surface area contributed by atoms with E-state index in [9.17, 15) is 0 Å². The summed E-state index contributed by atoms with van der Waals surface area (Å²) < 4.78 is 5.66. The van der Waals surface area contributed by atoms with Gasteiger partial charge in [-0.15, -0.1) is 0 Å². The molecule has 1 heterocycles. The van der Waals surface area contributed by atoms with Gasteiger partial charge in [0.1, 0.15) is 0 Å². The number of pyridine rings is 1. The first-order valence-corrected chi connectivity index (χ1v) is 5.11. The summed E-state index contributed by atoms with van der Waals surface area (Å²) in [5.41, 5.74) is 1.13. The lowest BCUT2D eigenvalue weighted by Gasteiger charge is -2.08. The van der Waals surface area contributed by atoms with Gasteiger partial charge in [-0.3, -0.25) is 0 Å². The van der Waals surface area contributed by atoms with Crippen LogP contribution >= 0.6 is 0 Å². The minimum absolute atomic E-state index is 0.777. The molecule has 0 bridgehead atoms. The van der Waals surface area contributed by atoms with E-state index in [0.717, 1.165) is 30.5 Å². The Morgan fingerprint density at radius 2 is 2.43 bits per heavy atom. The maximum absolute atomic E-state index is 5.66. The van der Waals surface area contributed by atoms with Gasteiger partial charge in [0.05, 0.1) is 6.61 Å². The van der Waals surface area contributed by atoms with Crippen LogP contribution in [0.1, 0.15) is 18.4 Å². The van der Waals surface area contributed by atoms with Gasteiger partial charge < -0.3 is 10.1 Å². The average molecular weight is 192 g/mol. The number of aromatic nitrogens is 1. The van der Waals surface area contributed by atoms with Crippen LogP contribution in [0.25, 0.3) is 0 Å². The predicted molar refractivity (Wildman–Crippen MR) is 55.2 cm³/mol. The standard InChI is InChI=1S/C11H16N2O/c1-12-7-10-3-2-6-13-11(10)14-8-9-4-5-9/h2-3,6,9,12H,4-5,7-8H2,1H3. The molecule has 3 heteroatoms. The molecular formula is C11H16N2O. The summed E-state index contributed by atoms with van der Waals surface area (Å²) in [7, 11) is 1.93. The van der Waals surface area contributed by atoms with Crippen LogP contribution in [0.4, 0.5) is 0 Å². The SMILES string of the molecule is CNCc1cccnc1OCC1CC1. The summed E-state index contributed by atoms with van der Waals surface area (Å²) in [5, 5.41) is 3.11. The Kier molecular flexibility index (Phi) is 2.99. The molecule has 1 N–H and O–H groups in total. The van der Waals surface area contributed by atoms with Crippen molar-refractivity contribution in [1.29, 1.82) is 0 Å². The fourth-order valence-electron chi connectivity index (χ4n) is 1.36. The van der Waals surface area contributed by atoms with Crippen molar-refractivity contribution < 1.29 is 4.74 Å². The van der Waals surface area contributed by atoms with E-state index in [0.29, 0.717) is 0 Å². The Morgan fingerprint density at radius 3 is 3.14 bits per heavy atom. The van der Waals surface area contributed by atoms with Gasteiger partial charge in [-0.1, -0.05) is 6.07 Å². The second-order valence-electron chi connectivity index (χ2n) is 3.75. The van der Waals surface area contributed by atoms with Crippen LogP contribution in [0.2, 0.25) is 0 Å². The monoisotopic (exact) mass is 192 g/mol.